The van der Waals surface area contributed by atoms with Gasteiger partial charge in [0.1, 0.15) is 5.75 Å². The molecule has 0 unspecified atom stereocenters. The number of rotatable bonds is 5. The van der Waals surface area contributed by atoms with Gasteiger partial charge in [-0.3, -0.25) is 0 Å². The second kappa shape index (κ2) is 5.95. The highest BCUT2D eigenvalue weighted by Gasteiger charge is 2.22. The fourth-order valence-corrected chi connectivity index (χ4v) is 2.35. The van der Waals surface area contributed by atoms with Gasteiger partial charge in [0, 0.05) is 5.56 Å². The van der Waals surface area contributed by atoms with Crippen LogP contribution in [0.2, 0.25) is 0 Å². The monoisotopic (exact) mass is 289 g/mol. The lowest BCUT2D eigenvalue weighted by Gasteiger charge is -2.13. The molecule has 112 valence electrons. The summed E-state index contributed by atoms with van der Waals surface area (Å²) in [6, 6.07) is 5.87. The number of aryl methyl sites for hydroxylation is 1. The topological polar surface area (TPSA) is 77.2 Å². The first-order chi connectivity index (χ1) is 9.93. The summed E-state index contributed by atoms with van der Waals surface area (Å²) >= 11 is 0. The van der Waals surface area contributed by atoms with E-state index in [1.165, 1.54) is 0 Å². The zero-order chi connectivity index (χ0) is 15.6. The molecular weight excluding hydrogens is 270 g/mol. The molecule has 0 atom stereocenters. The van der Waals surface area contributed by atoms with Crippen molar-refractivity contribution in [3.8, 4) is 5.75 Å². The van der Waals surface area contributed by atoms with E-state index in [4.69, 9.17) is 4.74 Å². The minimum Gasteiger partial charge on any atom is -0.496 e. The van der Waals surface area contributed by atoms with E-state index < -0.39 is 5.97 Å². The summed E-state index contributed by atoms with van der Waals surface area (Å²) in [6.07, 6.45) is 0. The third-order valence-electron chi connectivity index (χ3n) is 3.28. The maximum atomic E-state index is 11.2. The third-order valence-corrected chi connectivity index (χ3v) is 3.28. The smallest absolute Gasteiger partial charge is 0.358 e. The van der Waals surface area contributed by atoms with Crippen LogP contribution in [0.5, 0.6) is 5.75 Å². The molecule has 0 saturated carbocycles. The highest BCUT2D eigenvalue weighted by atomic mass is 16.5. The normalized spacial score (nSPS) is 10.9. The summed E-state index contributed by atoms with van der Waals surface area (Å²) in [6.45, 7) is 6.28. The molecule has 1 aromatic carbocycles. The standard InChI is InChI=1S/C15H19N3O3/c1-9(2)14-13(15(19)20)16-17-18(14)8-11-7-10(3)5-6-12(11)21-4/h5-7,9H,8H2,1-4H3,(H,19,20). The van der Waals surface area contributed by atoms with Crippen molar-refractivity contribution in [1.29, 1.82) is 0 Å². The molecule has 1 aromatic heterocycles. The number of hydrogen-bond acceptors (Lipinski definition) is 4. The number of ether oxygens (including phenoxy) is 1. The number of aromatic nitrogens is 3. The van der Waals surface area contributed by atoms with Crippen LogP contribution in [0.4, 0.5) is 0 Å². The summed E-state index contributed by atoms with van der Waals surface area (Å²) in [7, 11) is 1.61. The predicted molar refractivity (Wildman–Crippen MR) is 77.9 cm³/mol. The Morgan fingerprint density at radius 3 is 2.71 bits per heavy atom. The van der Waals surface area contributed by atoms with E-state index in [-0.39, 0.29) is 11.6 Å². The minimum absolute atomic E-state index is 0.0108. The number of carboxylic acids is 1. The first kappa shape index (κ1) is 15.0. The SMILES string of the molecule is COc1ccc(C)cc1Cn1nnc(C(=O)O)c1C(C)C. The Labute approximate surface area is 123 Å². The Kier molecular flexibility index (Phi) is 4.26. The van der Waals surface area contributed by atoms with Gasteiger partial charge in [-0.15, -0.1) is 5.10 Å². The molecule has 0 saturated heterocycles. The second-order valence-electron chi connectivity index (χ2n) is 5.26. The van der Waals surface area contributed by atoms with Crippen molar-refractivity contribution in [3.05, 3.63) is 40.7 Å². The van der Waals surface area contributed by atoms with Crippen molar-refractivity contribution in [1.82, 2.24) is 15.0 Å². The molecule has 1 N–H and O–H groups in total. The maximum Gasteiger partial charge on any atom is 0.358 e. The van der Waals surface area contributed by atoms with E-state index in [0.717, 1.165) is 16.9 Å². The fraction of sp³-hybridized carbons (Fsp3) is 0.400. The van der Waals surface area contributed by atoms with Gasteiger partial charge >= 0.3 is 5.97 Å². The minimum atomic E-state index is -1.05. The molecule has 2 rings (SSSR count). The number of carbonyl (C=O) groups is 1. The van der Waals surface area contributed by atoms with Crippen molar-refractivity contribution in [2.24, 2.45) is 0 Å². The van der Waals surface area contributed by atoms with Crippen LogP contribution in [-0.2, 0) is 6.54 Å². The summed E-state index contributed by atoms with van der Waals surface area (Å²) in [5.41, 5.74) is 2.68. The molecule has 0 aliphatic carbocycles. The third kappa shape index (κ3) is 3.04. The van der Waals surface area contributed by atoms with Gasteiger partial charge in [-0.2, -0.15) is 0 Å². The Hall–Kier alpha value is -2.37. The van der Waals surface area contributed by atoms with E-state index in [1.807, 2.05) is 39.0 Å². The second-order valence-corrected chi connectivity index (χ2v) is 5.26. The fourth-order valence-electron chi connectivity index (χ4n) is 2.35. The van der Waals surface area contributed by atoms with Gasteiger partial charge in [-0.05, 0) is 18.9 Å². The molecule has 0 amide bonds. The van der Waals surface area contributed by atoms with Crippen LogP contribution in [0.3, 0.4) is 0 Å². The van der Waals surface area contributed by atoms with Gasteiger partial charge in [0.15, 0.2) is 5.69 Å². The molecular formula is C15H19N3O3. The van der Waals surface area contributed by atoms with Crippen LogP contribution in [0.15, 0.2) is 18.2 Å². The van der Waals surface area contributed by atoms with Gasteiger partial charge in [0.2, 0.25) is 0 Å². The zero-order valence-corrected chi connectivity index (χ0v) is 12.6. The molecule has 21 heavy (non-hydrogen) atoms. The average molecular weight is 289 g/mol. The predicted octanol–water partition coefficient (Wildman–Crippen LogP) is 2.47. The maximum absolute atomic E-state index is 11.2. The van der Waals surface area contributed by atoms with Crippen molar-refractivity contribution >= 4 is 5.97 Å². The van der Waals surface area contributed by atoms with Crippen LogP contribution in [0.25, 0.3) is 0 Å². The van der Waals surface area contributed by atoms with E-state index in [1.54, 1.807) is 11.8 Å². The largest absolute Gasteiger partial charge is 0.496 e. The summed E-state index contributed by atoms with van der Waals surface area (Å²) in [4.78, 5) is 11.2. The Balaban J connectivity index is 2.45. The van der Waals surface area contributed by atoms with E-state index in [2.05, 4.69) is 10.3 Å². The summed E-state index contributed by atoms with van der Waals surface area (Å²) in [5.74, 6) is -0.286. The van der Waals surface area contributed by atoms with Crippen molar-refractivity contribution in [3.63, 3.8) is 0 Å². The molecule has 0 aliphatic heterocycles. The lowest BCUT2D eigenvalue weighted by Crippen LogP contribution is -2.11. The van der Waals surface area contributed by atoms with Gasteiger partial charge in [0.25, 0.3) is 0 Å². The Morgan fingerprint density at radius 2 is 2.14 bits per heavy atom. The number of nitrogens with zero attached hydrogens (tertiary/aromatic N) is 3. The lowest BCUT2D eigenvalue weighted by molar-refractivity contribution is 0.0688. The quantitative estimate of drug-likeness (QED) is 0.915. The van der Waals surface area contributed by atoms with Crippen LogP contribution in [0, 0.1) is 6.92 Å². The molecule has 0 spiro atoms. The summed E-state index contributed by atoms with van der Waals surface area (Å²) in [5, 5.41) is 17.0. The van der Waals surface area contributed by atoms with E-state index in [0.29, 0.717) is 12.2 Å². The number of carboxylic acid groups (broad SMARTS) is 1. The molecule has 2 aromatic rings. The van der Waals surface area contributed by atoms with Gasteiger partial charge in [-0.1, -0.05) is 36.8 Å². The molecule has 0 fully saturated rings. The highest BCUT2D eigenvalue weighted by Crippen LogP contribution is 2.24. The van der Waals surface area contributed by atoms with Crippen LogP contribution in [0.1, 0.15) is 47.1 Å². The highest BCUT2D eigenvalue weighted by molar-refractivity contribution is 5.86. The van der Waals surface area contributed by atoms with Crippen molar-refractivity contribution < 1.29 is 14.6 Å². The van der Waals surface area contributed by atoms with Gasteiger partial charge < -0.3 is 9.84 Å². The van der Waals surface area contributed by atoms with Crippen LogP contribution >= 0.6 is 0 Å². The first-order valence-electron chi connectivity index (χ1n) is 6.74. The van der Waals surface area contributed by atoms with E-state index in [9.17, 15) is 9.90 Å². The molecule has 0 radical (unpaired) electrons. The zero-order valence-electron chi connectivity index (χ0n) is 12.6. The van der Waals surface area contributed by atoms with E-state index >= 15 is 0 Å². The van der Waals surface area contributed by atoms with Crippen molar-refractivity contribution in [2.45, 2.75) is 33.2 Å². The van der Waals surface area contributed by atoms with Crippen LogP contribution < -0.4 is 4.74 Å². The number of hydrogen-bond donors (Lipinski definition) is 1. The number of methoxy groups -OCH3 is 1. The Morgan fingerprint density at radius 1 is 1.43 bits per heavy atom. The summed E-state index contributed by atoms with van der Waals surface area (Å²) < 4.78 is 6.98. The lowest BCUT2D eigenvalue weighted by atomic mass is 10.1. The molecule has 0 aliphatic rings. The van der Waals surface area contributed by atoms with Crippen molar-refractivity contribution in [2.75, 3.05) is 7.11 Å². The van der Waals surface area contributed by atoms with Crippen LogP contribution in [-0.4, -0.2) is 33.2 Å². The molecule has 6 nitrogen and oxygen atoms in total. The molecule has 1 heterocycles. The molecule has 6 heteroatoms. The number of benzene rings is 1. The van der Waals surface area contributed by atoms with Gasteiger partial charge in [0.05, 0.1) is 19.3 Å². The van der Waals surface area contributed by atoms with Gasteiger partial charge in [-0.25, -0.2) is 9.48 Å². The number of aromatic carboxylic acids is 1. The average Bonchev–Trinajstić information content (AvgIpc) is 2.83. The Bertz CT molecular complexity index is 662. The first-order valence-corrected chi connectivity index (χ1v) is 6.74. The molecule has 0 bridgehead atoms.